The van der Waals surface area contributed by atoms with Gasteiger partial charge in [0, 0.05) is 31.6 Å². The lowest BCUT2D eigenvalue weighted by atomic mass is 9.78. The number of nitrogens with one attached hydrogen (secondary N) is 1. The number of nitrogen functional groups attached to an aromatic ring is 1. The maximum Gasteiger partial charge on any atom is 0.264 e. The average Bonchev–Trinajstić information content (AvgIpc) is 2.97. The number of ether oxygens (including phenoxy) is 1. The second kappa shape index (κ2) is 13.1. The van der Waals surface area contributed by atoms with Gasteiger partial charge in [-0.3, -0.25) is 4.79 Å². The summed E-state index contributed by atoms with van der Waals surface area (Å²) >= 11 is 0. The molecule has 1 saturated heterocycles. The Labute approximate surface area is 234 Å². The summed E-state index contributed by atoms with van der Waals surface area (Å²) in [6.07, 6.45) is 4.22. The number of carbonyl (C=O) groups excluding carboxylic acids is 1. The minimum Gasteiger partial charge on any atom is -0.457 e. The van der Waals surface area contributed by atoms with E-state index >= 15 is 0 Å². The van der Waals surface area contributed by atoms with Crippen LogP contribution in [-0.4, -0.2) is 77.7 Å². The monoisotopic (exact) mass is 541 g/mol. The molecule has 4 N–H and O–H groups in total. The van der Waals surface area contributed by atoms with Gasteiger partial charge in [0.05, 0.1) is 12.2 Å². The predicted molar refractivity (Wildman–Crippen MR) is 154 cm³/mol. The van der Waals surface area contributed by atoms with Crippen molar-refractivity contribution in [3.8, 4) is 28.7 Å². The zero-order chi connectivity index (χ0) is 28.5. The van der Waals surface area contributed by atoms with Crippen molar-refractivity contribution >= 4 is 17.5 Å². The number of likely N-dealkylation sites (N-methyl/N-ethyl adjacent to an activating group) is 1. The molecule has 3 aromatic rings. The number of piperidine rings is 1. The molecule has 208 valence electrons. The lowest BCUT2D eigenvalue weighted by Gasteiger charge is -2.41. The highest BCUT2D eigenvalue weighted by atomic mass is 16.5. The fraction of sp³-hybridized carbons (Fsp3) is 0.333. The number of hydrogen-bond acceptors (Lipinski definition) is 9. The van der Waals surface area contributed by atoms with Crippen LogP contribution in [0.15, 0.2) is 72.6 Å². The molecule has 40 heavy (non-hydrogen) atoms. The highest BCUT2D eigenvalue weighted by Gasteiger charge is 2.36. The number of anilines is 2. The van der Waals surface area contributed by atoms with Gasteiger partial charge >= 0.3 is 0 Å². The minimum atomic E-state index is -0.457. The molecule has 0 bridgehead atoms. The summed E-state index contributed by atoms with van der Waals surface area (Å²) < 4.78 is 5.90. The van der Waals surface area contributed by atoms with Crippen LogP contribution in [-0.2, 0) is 4.79 Å². The van der Waals surface area contributed by atoms with Crippen LogP contribution < -0.4 is 15.8 Å². The SMILES string of the molecule is CN(C)CC=C(C#N)C(=O)N1CCC(CO)(CNc2ncnc(N)c2-c2ccc(Oc3ccccc3)cc2)CC1. The summed E-state index contributed by atoms with van der Waals surface area (Å²) in [5.41, 5.74) is 7.45. The predicted octanol–water partition coefficient (Wildman–Crippen LogP) is 3.54. The van der Waals surface area contributed by atoms with Gasteiger partial charge in [-0.25, -0.2) is 9.97 Å². The van der Waals surface area contributed by atoms with Crippen molar-refractivity contribution in [1.82, 2.24) is 19.8 Å². The molecule has 0 unspecified atom stereocenters. The lowest BCUT2D eigenvalue weighted by molar-refractivity contribution is -0.129. The second-order valence-corrected chi connectivity index (χ2v) is 10.2. The van der Waals surface area contributed by atoms with Crippen molar-refractivity contribution in [3.63, 3.8) is 0 Å². The Balaban J connectivity index is 1.43. The highest BCUT2D eigenvalue weighted by Crippen LogP contribution is 2.36. The Morgan fingerprint density at radius 2 is 1.82 bits per heavy atom. The molecule has 0 spiro atoms. The first-order chi connectivity index (χ1) is 19.3. The van der Waals surface area contributed by atoms with Crippen LogP contribution in [0.25, 0.3) is 11.1 Å². The van der Waals surface area contributed by atoms with Gasteiger partial charge in [-0.2, -0.15) is 5.26 Å². The molecule has 0 atom stereocenters. The van der Waals surface area contributed by atoms with Crippen molar-refractivity contribution in [2.75, 3.05) is 57.9 Å². The summed E-state index contributed by atoms with van der Waals surface area (Å²) in [6.45, 7) is 1.80. The van der Waals surface area contributed by atoms with Crippen LogP contribution in [0.4, 0.5) is 11.6 Å². The van der Waals surface area contributed by atoms with Gasteiger partial charge in [0.25, 0.3) is 5.91 Å². The molecule has 2 heterocycles. The topological polar surface area (TPSA) is 141 Å². The largest absolute Gasteiger partial charge is 0.457 e. The molecule has 0 saturated carbocycles. The van der Waals surface area contributed by atoms with Gasteiger partial charge in [-0.15, -0.1) is 0 Å². The van der Waals surface area contributed by atoms with Gasteiger partial charge in [0.2, 0.25) is 0 Å². The number of rotatable bonds is 10. The lowest BCUT2D eigenvalue weighted by Crippen LogP contribution is -2.48. The van der Waals surface area contributed by atoms with Crippen LogP contribution in [0, 0.1) is 16.7 Å². The number of carbonyl (C=O) groups is 1. The number of para-hydroxylation sites is 1. The van der Waals surface area contributed by atoms with E-state index in [1.165, 1.54) is 6.33 Å². The first-order valence-corrected chi connectivity index (χ1v) is 13.2. The van der Waals surface area contributed by atoms with E-state index in [2.05, 4.69) is 15.3 Å². The van der Waals surface area contributed by atoms with Crippen LogP contribution in [0.2, 0.25) is 0 Å². The summed E-state index contributed by atoms with van der Waals surface area (Å²) in [5.74, 6) is 2.07. The number of likely N-dealkylation sites (tertiary alicyclic amines) is 1. The van der Waals surface area contributed by atoms with Gasteiger partial charge in [-0.1, -0.05) is 30.3 Å². The van der Waals surface area contributed by atoms with E-state index < -0.39 is 5.41 Å². The van der Waals surface area contributed by atoms with Gasteiger partial charge < -0.3 is 30.7 Å². The second-order valence-electron chi connectivity index (χ2n) is 10.2. The Morgan fingerprint density at radius 1 is 1.15 bits per heavy atom. The molecular weight excluding hydrogens is 506 g/mol. The molecule has 0 aliphatic carbocycles. The van der Waals surface area contributed by atoms with Crippen molar-refractivity contribution in [2.24, 2.45) is 5.41 Å². The van der Waals surface area contributed by atoms with E-state index in [0.717, 1.165) is 11.3 Å². The highest BCUT2D eigenvalue weighted by molar-refractivity contribution is 5.97. The fourth-order valence-electron chi connectivity index (χ4n) is 4.60. The molecule has 2 aromatic carbocycles. The maximum absolute atomic E-state index is 12.9. The van der Waals surface area contributed by atoms with Gasteiger partial charge in [0.15, 0.2) is 0 Å². The summed E-state index contributed by atoms with van der Waals surface area (Å²) in [4.78, 5) is 25.1. The van der Waals surface area contributed by atoms with E-state index in [-0.39, 0.29) is 18.1 Å². The number of aliphatic hydroxyl groups is 1. The fourth-order valence-corrected chi connectivity index (χ4v) is 4.60. The number of nitrogens with two attached hydrogens (primary N) is 1. The third-order valence-corrected chi connectivity index (χ3v) is 7.09. The molecule has 10 heteroatoms. The maximum atomic E-state index is 12.9. The first kappa shape index (κ1) is 28.5. The van der Waals surface area contributed by atoms with E-state index in [1.807, 2.05) is 79.7 Å². The normalized spacial score (nSPS) is 15.0. The standard InChI is InChI=1S/C30H35N7O3/c1-36(2)15-12-23(18-31)29(39)37-16-13-30(20-38,14-17-37)19-33-28-26(27(32)34-21-35-28)22-8-10-25(11-9-22)40-24-6-4-3-5-7-24/h3-12,21,38H,13-17,19-20H2,1-2H3,(H3,32,33,34,35). The zero-order valence-corrected chi connectivity index (χ0v) is 22.9. The van der Waals surface area contributed by atoms with Crippen LogP contribution >= 0.6 is 0 Å². The quantitative estimate of drug-likeness (QED) is 0.260. The molecule has 1 amide bonds. The Kier molecular flexibility index (Phi) is 9.32. The van der Waals surface area contributed by atoms with Crippen molar-refractivity contribution in [1.29, 1.82) is 5.26 Å². The molecule has 1 aliphatic rings. The van der Waals surface area contributed by atoms with Gasteiger partial charge in [0.1, 0.15) is 41.1 Å². The average molecular weight is 542 g/mol. The van der Waals surface area contributed by atoms with Crippen LogP contribution in [0.1, 0.15) is 12.8 Å². The van der Waals surface area contributed by atoms with Crippen LogP contribution in [0.5, 0.6) is 11.5 Å². The molecule has 0 radical (unpaired) electrons. The Morgan fingerprint density at radius 3 is 2.45 bits per heavy atom. The van der Waals surface area contributed by atoms with Crippen LogP contribution in [0.3, 0.4) is 0 Å². The Bertz CT molecular complexity index is 1360. The molecule has 4 rings (SSSR count). The van der Waals surface area contributed by atoms with Crippen molar-refractivity contribution in [3.05, 3.63) is 72.6 Å². The van der Waals surface area contributed by atoms with Gasteiger partial charge in [-0.05, 0) is 62.8 Å². The van der Waals surface area contributed by atoms with Crippen molar-refractivity contribution in [2.45, 2.75) is 12.8 Å². The van der Waals surface area contributed by atoms with E-state index in [4.69, 9.17) is 10.5 Å². The smallest absolute Gasteiger partial charge is 0.264 e. The zero-order valence-electron chi connectivity index (χ0n) is 22.9. The van der Waals surface area contributed by atoms with E-state index in [1.54, 1.807) is 11.0 Å². The molecule has 10 nitrogen and oxygen atoms in total. The summed E-state index contributed by atoms with van der Waals surface area (Å²) in [5, 5.41) is 23.2. The van der Waals surface area contributed by atoms with E-state index in [0.29, 0.717) is 62.0 Å². The number of hydrogen-bond donors (Lipinski definition) is 3. The molecule has 1 aromatic heterocycles. The van der Waals surface area contributed by atoms with E-state index in [9.17, 15) is 15.2 Å². The number of aromatic nitrogens is 2. The third-order valence-electron chi connectivity index (χ3n) is 7.09. The van der Waals surface area contributed by atoms with Crippen molar-refractivity contribution < 1.29 is 14.6 Å². The number of aliphatic hydroxyl groups excluding tert-OH is 1. The minimum absolute atomic E-state index is 0.0506. The number of nitrogens with zero attached hydrogens (tertiary/aromatic N) is 5. The number of amides is 1. The summed E-state index contributed by atoms with van der Waals surface area (Å²) in [7, 11) is 3.76. The molecule has 1 fully saturated rings. The molecule has 1 aliphatic heterocycles. The first-order valence-electron chi connectivity index (χ1n) is 13.2. The molecular formula is C30H35N7O3. The summed E-state index contributed by atoms with van der Waals surface area (Å²) in [6, 6.07) is 19.1. The number of nitriles is 1. The number of benzene rings is 2. The third kappa shape index (κ3) is 6.94. The Hall–Kier alpha value is -4.46.